The van der Waals surface area contributed by atoms with Gasteiger partial charge in [-0.25, -0.2) is 4.79 Å². The van der Waals surface area contributed by atoms with Crippen LogP contribution in [0, 0.1) is 5.92 Å². The molecule has 4 rings (SSSR count). The second kappa shape index (κ2) is 9.32. The maximum Gasteiger partial charge on any atom is 0.326 e. The molecular weight excluding hydrogens is 410 g/mol. The third-order valence-corrected chi connectivity index (χ3v) is 7.12. The van der Waals surface area contributed by atoms with Gasteiger partial charge >= 0.3 is 11.9 Å². The molecule has 1 saturated heterocycles. The van der Waals surface area contributed by atoms with Crippen molar-refractivity contribution in [1.29, 1.82) is 0 Å². The zero-order valence-electron chi connectivity index (χ0n) is 18.3. The van der Waals surface area contributed by atoms with E-state index in [0.29, 0.717) is 19.3 Å². The van der Waals surface area contributed by atoms with Crippen LogP contribution in [0.1, 0.15) is 51.0 Å². The molecule has 2 heterocycles. The first-order valence-corrected chi connectivity index (χ1v) is 11.5. The molecule has 1 amide bonds. The summed E-state index contributed by atoms with van der Waals surface area (Å²) in [6.07, 6.45) is 7.06. The Hall–Kier alpha value is -2.87. The van der Waals surface area contributed by atoms with Gasteiger partial charge in [0, 0.05) is 23.1 Å². The number of carbonyl (C=O) groups is 3. The first-order chi connectivity index (χ1) is 15.4. The molecule has 1 aliphatic carbocycles. The van der Waals surface area contributed by atoms with Crippen molar-refractivity contribution >= 4 is 28.7 Å². The average molecular weight is 442 g/mol. The maximum absolute atomic E-state index is 13.3. The second-order valence-corrected chi connectivity index (χ2v) is 9.12. The van der Waals surface area contributed by atoms with E-state index in [2.05, 4.69) is 10.3 Å². The summed E-state index contributed by atoms with van der Waals surface area (Å²) < 4.78 is 0. The molecule has 1 saturated carbocycles. The van der Waals surface area contributed by atoms with Crippen molar-refractivity contribution in [2.24, 2.45) is 5.92 Å². The van der Waals surface area contributed by atoms with Gasteiger partial charge in [-0.15, -0.1) is 0 Å². The molecule has 1 aromatic carbocycles. The number of rotatable bonds is 8. The summed E-state index contributed by atoms with van der Waals surface area (Å²) in [5.74, 6) is -2.09. The van der Waals surface area contributed by atoms with Crippen LogP contribution in [0.15, 0.2) is 30.5 Å². The summed E-state index contributed by atoms with van der Waals surface area (Å²) in [6, 6.07) is 5.29. The zero-order chi connectivity index (χ0) is 22.8. The molecule has 5 atom stereocenters. The lowest BCUT2D eigenvalue weighted by Crippen LogP contribution is -2.55. The van der Waals surface area contributed by atoms with Crippen molar-refractivity contribution < 1.29 is 24.6 Å². The average Bonchev–Trinajstić information content (AvgIpc) is 3.37. The minimum atomic E-state index is -1.02. The van der Waals surface area contributed by atoms with Crippen LogP contribution in [-0.4, -0.2) is 62.1 Å². The molecule has 2 fully saturated rings. The largest absolute Gasteiger partial charge is 0.480 e. The normalized spacial score (nSPS) is 24.8. The van der Waals surface area contributed by atoms with E-state index >= 15 is 0 Å². The molecule has 172 valence electrons. The van der Waals surface area contributed by atoms with E-state index in [9.17, 15) is 24.6 Å². The molecule has 32 heavy (non-hydrogen) atoms. The number of carboxylic acids is 2. The summed E-state index contributed by atoms with van der Waals surface area (Å²) in [4.78, 5) is 41.8. The number of nitrogens with one attached hydrogen (secondary N) is 2. The van der Waals surface area contributed by atoms with Gasteiger partial charge in [0.25, 0.3) is 0 Å². The van der Waals surface area contributed by atoms with Crippen molar-refractivity contribution in [3.05, 3.63) is 36.0 Å². The highest BCUT2D eigenvalue weighted by Gasteiger charge is 2.48. The highest BCUT2D eigenvalue weighted by Crippen LogP contribution is 2.40. The number of hydrogen-bond donors (Lipinski definition) is 4. The van der Waals surface area contributed by atoms with Crippen molar-refractivity contribution in [2.45, 2.75) is 76.0 Å². The fourth-order valence-corrected chi connectivity index (χ4v) is 5.51. The summed E-state index contributed by atoms with van der Waals surface area (Å²) in [7, 11) is 0. The van der Waals surface area contributed by atoms with E-state index in [1.807, 2.05) is 30.5 Å². The van der Waals surface area contributed by atoms with Crippen LogP contribution in [-0.2, 0) is 20.8 Å². The number of carboxylic acid groups (broad SMARTS) is 2. The highest BCUT2D eigenvalue weighted by molar-refractivity contribution is 5.88. The molecule has 0 bridgehead atoms. The number of nitrogens with zero attached hydrogens (tertiary/aromatic N) is 1. The standard InChI is InChI=1S/C24H31N3O5/c1-14(22(28)27-20-9-5-2-6-15(20)12-21(27)24(31)32)26-19(23(29)30)11-10-16-13-25-18-8-4-3-7-17(16)18/h3-4,7-8,13-15,19-21,25-26H,2,5-6,9-12H2,1H3,(H,29,30)(H,31,32)/t14?,15?,19-,20?,21-/m0/s1. The zero-order valence-corrected chi connectivity index (χ0v) is 18.3. The molecule has 8 heteroatoms. The van der Waals surface area contributed by atoms with Crippen molar-refractivity contribution in [1.82, 2.24) is 15.2 Å². The first kappa shape index (κ1) is 22.3. The Kier molecular flexibility index (Phi) is 6.50. The number of benzene rings is 1. The van der Waals surface area contributed by atoms with Crippen LogP contribution in [0.4, 0.5) is 0 Å². The van der Waals surface area contributed by atoms with Gasteiger partial charge in [-0.1, -0.05) is 31.0 Å². The van der Waals surface area contributed by atoms with E-state index in [4.69, 9.17) is 0 Å². The van der Waals surface area contributed by atoms with Crippen LogP contribution >= 0.6 is 0 Å². The van der Waals surface area contributed by atoms with E-state index in [1.165, 1.54) is 4.90 Å². The van der Waals surface area contributed by atoms with Crippen LogP contribution < -0.4 is 5.32 Å². The lowest BCUT2D eigenvalue weighted by molar-refractivity contribution is -0.151. The number of aliphatic carboxylic acids is 2. The topological polar surface area (TPSA) is 123 Å². The number of carbonyl (C=O) groups excluding carboxylic acids is 1. The lowest BCUT2D eigenvalue weighted by Gasteiger charge is -2.35. The molecule has 0 spiro atoms. The van der Waals surface area contributed by atoms with Crippen LogP contribution in [0.5, 0.6) is 0 Å². The monoisotopic (exact) mass is 441 g/mol. The fraction of sp³-hybridized carbons (Fsp3) is 0.542. The molecule has 2 aromatic rings. The predicted octanol–water partition coefficient (Wildman–Crippen LogP) is 2.78. The number of fused-ring (bicyclic) bond motifs is 2. The van der Waals surface area contributed by atoms with E-state index in [0.717, 1.165) is 42.1 Å². The molecule has 4 N–H and O–H groups in total. The van der Waals surface area contributed by atoms with Crippen LogP contribution in [0.3, 0.4) is 0 Å². The van der Waals surface area contributed by atoms with Gasteiger partial charge in [0.05, 0.1) is 6.04 Å². The number of H-pyrrole nitrogens is 1. The Bertz CT molecular complexity index is 1000. The summed E-state index contributed by atoms with van der Waals surface area (Å²) in [6.45, 7) is 1.64. The SMILES string of the molecule is CC(N[C@@H](CCc1c[nH]c2ccccc12)C(=O)O)C(=O)N1C2CCCCC2C[C@H]1C(=O)O. The first-order valence-electron chi connectivity index (χ1n) is 11.5. The molecule has 8 nitrogen and oxygen atoms in total. The fourth-order valence-electron chi connectivity index (χ4n) is 5.51. The van der Waals surface area contributed by atoms with Gasteiger partial charge in [0.2, 0.25) is 5.91 Å². The predicted molar refractivity (Wildman–Crippen MR) is 119 cm³/mol. The van der Waals surface area contributed by atoms with Gasteiger partial charge in [-0.2, -0.15) is 0 Å². The van der Waals surface area contributed by atoms with Gasteiger partial charge in [0.15, 0.2) is 0 Å². The third kappa shape index (κ3) is 4.37. The quantitative estimate of drug-likeness (QED) is 0.500. The third-order valence-electron chi connectivity index (χ3n) is 7.12. The van der Waals surface area contributed by atoms with Gasteiger partial charge in [-0.05, 0) is 56.6 Å². The van der Waals surface area contributed by atoms with Gasteiger partial charge in [0.1, 0.15) is 12.1 Å². The lowest BCUT2D eigenvalue weighted by atomic mass is 9.84. The highest BCUT2D eigenvalue weighted by atomic mass is 16.4. The van der Waals surface area contributed by atoms with E-state index < -0.39 is 30.1 Å². The van der Waals surface area contributed by atoms with Gasteiger partial charge < -0.3 is 20.1 Å². The molecule has 3 unspecified atom stereocenters. The molecular formula is C24H31N3O5. The number of amides is 1. The summed E-state index contributed by atoms with van der Waals surface area (Å²) in [5, 5.41) is 23.5. The van der Waals surface area contributed by atoms with Crippen molar-refractivity contribution in [2.75, 3.05) is 0 Å². The number of aromatic amines is 1. The minimum absolute atomic E-state index is 0.0592. The van der Waals surface area contributed by atoms with E-state index in [1.54, 1.807) is 6.92 Å². The summed E-state index contributed by atoms with van der Waals surface area (Å²) in [5.41, 5.74) is 2.03. The van der Waals surface area contributed by atoms with Crippen molar-refractivity contribution in [3.8, 4) is 0 Å². The Labute approximate surface area is 187 Å². The molecule has 1 aliphatic heterocycles. The molecule has 1 aromatic heterocycles. The Morgan fingerprint density at radius 3 is 2.69 bits per heavy atom. The minimum Gasteiger partial charge on any atom is -0.480 e. The number of aromatic nitrogens is 1. The molecule has 0 radical (unpaired) electrons. The number of hydrogen-bond acceptors (Lipinski definition) is 4. The molecule has 2 aliphatic rings. The van der Waals surface area contributed by atoms with E-state index in [-0.39, 0.29) is 17.9 Å². The Balaban J connectivity index is 1.43. The Morgan fingerprint density at radius 1 is 1.19 bits per heavy atom. The number of likely N-dealkylation sites (tertiary alicyclic amines) is 1. The number of para-hydroxylation sites is 1. The second-order valence-electron chi connectivity index (χ2n) is 9.12. The smallest absolute Gasteiger partial charge is 0.326 e. The van der Waals surface area contributed by atoms with Crippen LogP contribution in [0.25, 0.3) is 10.9 Å². The summed E-state index contributed by atoms with van der Waals surface area (Å²) >= 11 is 0. The van der Waals surface area contributed by atoms with Gasteiger partial charge in [-0.3, -0.25) is 14.9 Å². The van der Waals surface area contributed by atoms with Crippen LogP contribution in [0.2, 0.25) is 0 Å². The number of aryl methyl sites for hydroxylation is 1. The Morgan fingerprint density at radius 2 is 1.94 bits per heavy atom. The maximum atomic E-state index is 13.3. The van der Waals surface area contributed by atoms with Crippen molar-refractivity contribution in [3.63, 3.8) is 0 Å².